The summed E-state index contributed by atoms with van der Waals surface area (Å²) in [5.41, 5.74) is 3.31. The molecule has 0 aliphatic rings. The van der Waals surface area contributed by atoms with Crippen LogP contribution in [-0.2, 0) is 17.8 Å². The molecule has 0 fully saturated rings. The molecule has 6 nitrogen and oxygen atoms in total. The van der Waals surface area contributed by atoms with E-state index in [-0.39, 0.29) is 6.61 Å². The Morgan fingerprint density at radius 1 is 1.24 bits per heavy atom. The Kier molecular flexibility index (Phi) is 3.72. The van der Waals surface area contributed by atoms with Gasteiger partial charge in [0.25, 0.3) is 5.71 Å². The Balaban J connectivity index is 1.56. The number of ether oxygens (including phenoxy) is 1. The van der Waals surface area contributed by atoms with Crippen molar-refractivity contribution in [3.63, 3.8) is 0 Å². The Hall–Kier alpha value is -3.15. The Morgan fingerprint density at radius 2 is 2.08 bits per heavy atom. The molecule has 4 rings (SSSR count). The highest BCUT2D eigenvalue weighted by atomic mass is 16.5. The molecule has 0 spiro atoms. The number of aryl methyl sites for hydroxylation is 2. The summed E-state index contributed by atoms with van der Waals surface area (Å²) in [5.74, 6) is 0.181. The zero-order valence-corrected chi connectivity index (χ0v) is 13.9. The summed E-state index contributed by atoms with van der Waals surface area (Å²) in [6.07, 6.45) is 2.13. The van der Waals surface area contributed by atoms with Crippen molar-refractivity contribution in [3.05, 3.63) is 59.1 Å². The summed E-state index contributed by atoms with van der Waals surface area (Å²) < 4.78 is 16.3. The highest BCUT2D eigenvalue weighted by Gasteiger charge is 2.16. The monoisotopic (exact) mass is 336 g/mol. The van der Waals surface area contributed by atoms with Crippen molar-refractivity contribution in [2.45, 2.75) is 26.9 Å². The van der Waals surface area contributed by atoms with Gasteiger partial charge in [0.15, 0.2) is 0 Å². The minimum atomic E-state index is -0.461. The average Bonchev–Trinajstić information content (AvgIpc) is 3.20. The lowest BCUT2D eigenvalue weighted by Gasteiger charge is -2.03. The molecular weight excluding hydrogens is 320 g/mol. The third-order valence-corrected chi connectivity index (χ3v) is 4.25. The van der Waals surface area contributed by atoms with Gasteiger partial charge in [0.2, 0.25) is 0 Å². The first-order valence-electron chi connectivity index (χ1n) is 8.05. The topological polar surface area (TPSA) is 78.4 Å². The second-order valence-electron chi connectivity index (χ2n) is 5.78. The smallest absolute Gasteiger partial charge is 0.340 e. The van der Waals surface area contributed by atoms with Gasteiger partial charge >= 0.3 is 5.97 Å². The van der Waals surface area contributed by atoms with E-state index in [1.54, 1.807) is 6.07 Å². The zero-order chi connectivity index (χ0) is 17.4. The number of carbonyl (C=O) groups excluding carboxylic acids is 1. The number of benzene rings is 1. The zero-order valence-electron chi connectivity index (χ0n) is 13.9. The summed E-state index contributed by atoms with van der Waals surface area (Å²) in [4.78, 5) is 16.5. The normalized spacial score (nSPS) is 11.3. The van der Waals surface area contributed by atoms with Crippen LogP contribution in [0.1, 0.15) is 34.3 Å². The fraction of sp³-hybridized carbons (Fsp3) is 0.211. The lowest BCUT2D eigenvalue weighted by Crippen LogP contribution is -2.06. The predicted octanol–water partition coefficient (Wildman–Crippen LogP) is 4.20. The molecule has 3 aromatic heterocycles. The van der Waals surface area contributed by atoms with Crippen molar-refractivity contribution < 1.29 is 18.5 Å². The molecular formula is C19H16N2O4. The van der Waals surface area contributed by atoms with Gasteiger partial charge in [0.05, 0.1) is 16.6 Å². The van der Waals surface area contributed by atoms with E-state index in [2.05, 4.69) is 10.1 Å². The first-order chi connectivity index (χ1) is 12.2. The molecule has 0 bridgehead atoms. The van der Waals surface area contributed by atoms with Gasteiger partial charge in [0, 0.05) is 17.1 Å². The second kappa shape index (κ2) is 6.05. The number of rotatable bonds is 4. The molecule has 6 heteroatoms. The van der Waals surface area contributed by atoms with Gasteiger partial charge in [-0.1, -0.05) is 30.3 Å². The summed E-state index contributed by atoms with van der Waals surface area (Å²) in [6, 6.07) is 9.43. The van der Waals surface area contributed by atoms with E-state index in [4.69, 9.17) is 13.7 Å². The van der Waals surface area contributed by atoms with Crippen LogP contribution in [-0.4, -0.2) is 16.1 Å². The maximum absolute atomic E-state index is 12.4. The highest BCUT2D eigenvalue weighted by Crippen LogP contribution is 2.26. The van der Waals surface area contributed by atoms with Crippen molar-refractivity contribution >= 4 is 28.0 Å². The van der Waals surface area contributed by atoms with Gasteiger partial charge in [0.1, 0.15) is 18.0 Å². The maximum atomic E-state index is 12.4. The summed E-state index contributed by atoms with van der Waals surface area (Å²) in [6.45, 7) is 3.99. The summed E-state index contributed by atoms with van der Waals surface area (Å²) in [7, 11) is 0. The van der Waals surface area contributed by atoms with E-state index >= 15 is 0 Å². The van der Waals surface area contributed by atoms with Crippen LogP contribution in [0.25, 0.3) is 22.1 Å². The van der Waals surface area contributed by atoms with Crippen molar-refractivity contribution in [3.8, 4) is 0 Å². The molecule has 1 aromatic carbocycles. The molecule has 25 heavy (non-hydrogen) atoms. The van der Waals surface area contributed by atoms with Crippen LogP contribution in [0.3, 0.4) is 0 Å². The SMILES string of the molecule is CCc1noc2ncc(C(=O)OCc3oc4ccccc4c3C)cc12. The lowest BCUT2D eigenvalue weighted by atomic mass is 10.1. The van der Waals surface area contributed by atoms with Crippen LogP contribution in [0.2, 0.25) is 0 Å². The van der Waals surface area contributed by atoms with Crippen LogP contribution < -0.4 is 0 Å². The van der Waals surface area contributed by atoms with Gasteiger partial charge < -0.3 is 13.7 Å². The number of fused-ring (bicyclic) bond motifs is 2. The minimum Gasteiger partial charge on any atom is -0.457 e. The molecule has 0 N–H and O–H groups in total. The van der Waals surface area contributed by atoms with Crippen molar-refractivity contribution in [1.29, 1.82) is 0 Å². The van der Waals surface area contributed by atoms with Crippen molar-refractivity contribution in [2.75, 3.05) is 0 Å². The predicted molar refractivity (Wildman–Crippen MR) is 91.3 cm³/mol. The number of esters is 1. The third-order valence-electron chi connectivity index (χ3n) is 4.25. The molecule has 4 aromatic rings. The van der Waals surface area contributed by atoms with E-state index < -0.39 is 5.97 Å². The second-order valence-corrected chi connectivity index (χ2v) is 5.78. The number of carbonyl (C=O) groups is 1. The molecule has 0 atom stereocenters. The molecule has 0 radical (unpaired) electrons. The van der Waals surface area contributed by atoms with Gasteiger partial charge in [-0.3, -0.25) is 0 Å². The van der Waals surface area contributed by atoms with E-state index in [1.807, 2.05) is 38.1 Å². The maximum Gasteiger partial charge on any atom is 0.340 e. The average molecular weight is 336 g/mol. The van der Waals surface area contributed by atoms with Crippen LogP contribution in [0.4, 0.5) is 0 Å². The molecule has 0 saturated carbocycles. The molecule has 0 amide bonds. The van der Waals surface area contributed by atoms with Gasteiger partial charge in [-0.2, -0.15) is 0 Å². The Bertz CT molecular complexity index is 1080. The molecule has 126 valence electrons. The number of aromatic nitrogens is 2. The van der Waals surface area contributed by atoms with Crippen molar-refractivity contribution in [1.82, 2.24) is 10.1 Å². The van der Waals surface area contributed by atoms with Crippen LogP contribution in [0.5, 0.6) is 0 Å². The molecule has 3 heterocycles. The lowest BCUT2D eigenvalue weighted by molar-refractivity contribution is 0.0446. The number of para-hydroxylation sites is 1. The van der Waals surface area contributed by atoms with Gasteiger partial charge in [-0.15, -0.1) is 0 Å². The van der Waals surface area contributed by atoms with E-state index in [0.29, 0.717) is 23.5 Å². The fourth-order valence-electron chi connectivity index (χ4n) is 2.82. The van der Waals surface area contributed by atoms with Gasteiger partial charge in [-0.25, -0.2) is 9.78 Å². The molecule has 0 aliphatic carbocycles. The van der Waals surface area contributed by atoms with E-state index in [0.717, 1.165) is 27.6 Å². The molecule has 0 aliphatic heterocycles. The Labute approximate surface area is 143 Å². The summed E-state index contributed by atoms with van der Waals surface area (Å²) >= 11 is 0. The van der Waals surface area contributed by atoms with Crippen molar-refractivity contribution in [2.24, 2.45) is 0 Å². The standard InChI is InChI=1S/C19H16N2O4/c1-3-15-14-8-12(9-20-18(14)25-21-15)19(22)23-10-17-11(2)13-6-4-5-7-16(13)24-17/h4-9H,3,10H2,1-2H3. The third kappa shape index (κ3) is 2.65. The number of hydrogen-bond donors (Lipinski definition) is 0. The number of furan rings is 1. The van der Waals surface area contributed by atoms with Crippen LogP contribution in [0.15, 0.2) is 45.5 Å². The highest BCUT2D eigenvalue weighted by molar-refractivity contribution is 5.93. The first-order valence-corrected chi connectivity index (χ1v) is 8.05. The molecule has 0 saturated heterocycles. The fourth-order valence-corrected chi connectivity index (χ4v) is 2.82. The van der Waals surface area contributed by atoms with Crippen LogP contribution >= 0.6 is 0 Å². The minimum absolute atomic E-state index is 0.0711. The van der Waals surface area contributed by atoms with E-state index in [9.17, 15) is 4.79 Å². The van der Waals surface area contributed by atoms with Crippen LogP contribution in [0, 0.1) is 6.92 Å². The largest absolute Gasteiger partial charge is 0.457 e. The Morgan fingerprint density at radius 3 is 2.88 bits per heavy atom. The van der Waals surface area contributed by atoms with Gasteiger partial charge in [-0.05, 0) is 25.5 Å². The number of hydrogen-bond acceptors (Lipinski definition) is 6. The number of pyridine rings is 1. The first kappa shape index (κ1) is 15.4. The quantitative estimate of drug-likeness (QED) is 0.520. The summed E-state index contributed by atoms with van der Waals surface area (Å²) in [5, 5.41) is 5.69. The number of nitrogens with zero attached hydrogens (tertiary/aromatic N) is 2. The van der Waals surface area contributed by atoms with E-state index in [1.165, 1.54) is 6.20 Å². The molecule has 0 unspecified atom stereocenters.